The predicted octanol–water partition coefficient (Wildman–Crippen LogP) is 1.98. The molecule has 19 heavy (non-hydrogen) atoms. The van der Waals surface area contributed by atoms with Crippen LogP contribution < -0.4 is 0 Å². The first-order valence-corrected chi connectivity index (χ1v) is 6.72. The molecule has 4 heteroatoms. The maximum atomic E-state index is 4.60. The molecular weight excluding hydrogens is 236 g/mol. The van der Waals surface area contributed by atoms with Gasteiger partial charge in [-0.25, -0.2) is 0 Å². The molecule has 96 valence electrons. The number of aromatic amines is 1. The van der Waals surface area contributed by atoms with Crippen molar-refractivity contribution in [3.8, 4) is 11.3 Å². The van der Waals surface area contributed by atoms with Gasteiger partial charge in [0.05, 0.1) is 11.9 Å². The van der Waals surface area contributed by atoms with E-state index in [1.807, 2.05) is 12.4 Å². The van der Waals surface area contributed by atoms with Crippen LogP contribution in [0.25, 0.3) is 11.3 Å². The molecular formula is C15H16N4. The molecule has 4 heterocycles. The van der Waals surface area contributed by atoms with E-state index in [9.17, 15) is 0 Å². The largest absolute Gasteiger partial charge is 0.298 e. The topological polar surface area (TPSA) is 44.8 Å². The lowest BCUT2D eigenvalue weighted by atomic mass is 9.79. The zero-order valence-electron chi connectivity index (χ0n) is 10.7. The highest BCUT2D eigenvalue weighted by molar-refractivity contribution is 5.57. The predicted molar refractivity (Wildman–Crippen MR) is 73.7 cm³/mol. The normalized spacial score (nSPS) is 28.7. The molecule has 2 aromatic rings. The smallest absolute Gasteiger partial charge is 0.0733 e. The van der Waals surface area contributed by atoms with Crippen molar-refractivity contribution in [2.45, 2.75) is 11.8 Å². The van der Waals surface area contributed by atoms with Crippen LogP contribution in [0.15, 0.2) is 42.9 Å². The molecule has 0 amide bonds. The summed E-state index contributed by atoms with van der Waals surface area (Å²) in [5.41, 5.74) is 3.54. The Bertz CT molecular complexity index is 600. The summed E-state index contributed by atoms with van der Waals surface area (Å²) in [4.78, 5) is 7.10. The quantitative estimate of drug-likeness (QED) is 0.831. The van der Waals surface area contributed by atoms with E-state index < -0.39 is 0 Å². The Hall–Kier alpha value is -1.94. The zero-order valence-corrected chi connectivity index (χ0v) is 10.7. The number of aromatic nitrogens is 3. The van der Waals surface area contributed by atoms with E-state index in [-0.39, 0.29) is 5.41 Å². The first-order valence-electron chi connectivity index (χ1n) is 6.72. The number of fused-ring (bicyclic) bond motifs is 2. The average Bonchev–Trinajstić information content (AvgIpc) is 3.09. The van der Waals surface area contributed by atoms with Gasteiger partial charge in [0.2, 0.25) is 0 Å². The minimum Gasteiger partial charge on any atom is -0.298 e. The molecule has 0 aliphatic carbocycles. The summed E-state index contributed by atoms with van der Waals surface area (Å²) in [7, 11) is 0. The lowest BCUT2D eigenvalue weighted by Gasteiger charge is -2.29. The fourth-order valence-corrected chi connectivity index (χ4v) is 3.22. The highest BCUT2D eigenvalue weighted by Crippen LogP contribution is 2.38. The van der Waals surface area contributed by atoms with Gasteiger partial charge in [0.15, 0.2) is 0 Å². The molecule has 4 rings (SSSR count). The van der Waals surface area contributed by atoms with E-state index in [2.05, 4.69) is 44.4 Å². The average molecular weight is 252 g/mol. The molecule has 1 N–H and O–H groups in total. The third-order valence-electron chi connectivity index (χ3n) is 4.31. The Morgan fingerprint density at radius 1 is 1.26 bits per heavy atom. The monoisotopic (exact) mass is 252 g/mol. The molecule has 2 atom stereocenters. The van der Waals surface area contributed by atoms with Gasteiger partial charge in [0, 0.05) is 36.5 Å². The van der Waals surface area contributed by atoms with Crippen molar-refractivity contribution in [3.05, 3.63) is 48.4 Å². The molecule has 2 aliphatic rings. The first-order chi connectivity index (χ1) is 9.36. The van der Waals surface area contributed by atoms with Crippen molar-refractivity contribution < 1.29 is 0 Å². The van der Waals surface area contributed by atoms with Gasteiger partial charge in [0.1, 0.15) is 0 Å². The second-order valence-corrected chi connectivity index (χ2v) is 5.46. The van der Waals surface area contributed by atoms with Gasteiger partial charge in [-0.05, 0) is 24.6 Å². The number of hydrogen-bond donors (Lipinski definition) is 1. The van der Waals surface area contributed by atoms with Gasteiger partial charge in [-0.3, -0.25) is 15.0 Å². The van der Waals surface area contributed by atoms with E-state index in [1.54, 1.807) is 6.20 Å². The molecule has 1 saturated heterocycles. The number of rotatable bonds is 2. The Labute approximate surface area is 112 Å². The maximum absolute atomic E-state index is 4.60. The van der Waals surface area contributed by atoms with E-state index in [1.165, 1.54) is 18.5 Å². The molecule has 0 spiro atoms. The Balaban J connectivity index is 1.70. The van der Waals surface area contributed by atoms with Crippen molar-refractivity contribution >= 4 is 0 Å². The van der Waals surface area contributed by atoms with Gasteiger partial charge in [0.25, 0.3) is 0 Å². The van der Waals surface area contributed by atoms with Crippen LogP contribution in [0, 0.1) is 0 Å². The highest BCUT2D eigenvalue weighted by Gasteiger charge is 2.39. The van der Waals surface area contributed by atoms with Crippen molar-refractivity contribution in [1.82, 2.24) is 20.1 Å². The van der Waals surface area contributed by atoms with E-state index in [0.717, 1.165) is 24.3 Å². The van der Waals surface area contributed by atoms with Crippen molar-refractivity contribution in [2.24, 2.45) is 0 Å². The second kappa shape index (κ2) is 4.03. The molecule has 0 radical (unpaired) electrons. The van der Waals surface area contributed by atoms with Gasteiger partial charge in [-0.2, -0.15) is 5.10 Å². The Kier molecular flexibility index (Phi) is 2.32. The summed E-state index contributed by atoms with van der Waals surface area (Å²) in [5, 5.41) is 6.79. The fourth-order valence-electron chi connectivity index (χ4n) is 3.22. The third kappa shape index (κ3) is 1.71. The van der Waals surface area contributed by atoms with E-state index in [4.69, 9.17) is 0 Å². The van der Waals surface area contributed by atoms with Gasteiger partial charge in [-0.1, -0.05) is 18.2 Å². The zero-order chi connectivity index (χ0) is 12.7. The molecule has 4 nitrogen and oxygen atoms in total. The minimum absolute atomic E-state index is 0.195. The molecule has 2 bridgehead atoms. The van der Waals surface area contributed by atoms with Crippen LogP contribution in [0.3, 0.4) is 0 Å². The first kappa shape index (κ1) is 10.9. The Morgan fingerprint density at radius 3 is 3.05 bits per heavy atom. The lowest BCUT2D eigenvalue weighted by molar-refractivity contribution is 0.345. The standard InChI is InChI=1S/C15H16N4/c1-4-15(5-7-19(6-1)11-15)13-2-3-14(16-10-13)12-8-17-18-9-12/h1-4,8-10H,5-7,11H2,(H,17,18). The molecule has 2 aliphatic heterocycles. The van der Waals surface area contributed by atoms with Crippen molar-refractivity contribution in [1.29, 1.82) is 0 Å². The number of nitrogens with zero attached hydrogens (tertiary/aromatic N) is 3. The summed E-state index contributed by atoms with van der Waals surface area (Å²) < 4.78 is 0. The van der Waals surface area contributed by atoms with E-state index in [0.29, 0.717) is 0 Å². The SMILES string of the molecule is C1=CC2(c3ccc(-c4cn[nH]c4)nc3)CCN(C1)C2. The van der Waals surface area contributed by atoms with Crippen LogP contribution in [0.1, 0.15) is 12.0 Å². The molecule has 2 unspecified atom stereocenters. The second-order valence-electron chi connectivity index (χ2n) is 5.46. The summed E-state index contributed by atoms with van der Waals surface area (Å²) in [5.74, 6) is 0. The fraction of sp³-hybridized carbons (Fsp3) is 0.333. The van der Waals surface area contributed by atoms with E-state index >= 15 is 0 Å². The summed E-state index contributed by atoms with van der Waals surface area (Å²) in [6, 6.07) is 4.31. The number of H-pyrrole nitrogens is 1. The minimum atomic E-state index is 0.195. The van der Waals surface area contributed by atoms with Gasteiger partial charge < -0.3 is 0 Å². The van der Waals surface area contributed by atoms with Crippen LogP contribution in [0.4, 0.5) is 0 Å². The van der Waals surface area contributed by atoms with Crippen LogP contribution in [0.5, 0.6) is 0 Å². The summed E-state index contributed by atoms with van der Waals surface area (Å²) >= 11 is 0. The maximum Gasteiger partial charge on any atom is 0.0733 e. The van der Waals surface area contributed by atoms with Crippen LogP contribution in [0.2, 0.25) is 0 Å². The van der Waals surface area contributed by atoms with Crippen LogP contribution in [-0.2, 0) is 5.41 Å². The van der Waals surface area contributed by atoms with Crippen LogP contribution in [-0.4, -0.2) is 39.7 Å². The summed E-state index contributed by atoms with van der Waals surface area (Å²) in [6.07, 6.45) is 11.6. The van der Waals surface area contributed by atoms with Crippen molar-refractivity contribution in [2.75, 3.05) is 19.6 Å². The number of pyridine rings is 1. The third-order valence-corrected chi connectivity index (χ3v) is 4.31. The molecule has 2 aromatic heterocycles. The number of nitrogens with one attached hydrogen (secondary N) is 1. The van der Waals surface area contributed by atoms with Crippen molar-refractivity contribution in [3.63, 3.8) is 0 Å². The molecule has 0 aromatic carbocycles. The highest BCUT2D eigenvalue weighted by atomic mass is 15.2. The van der Waals surface area contributed by atoms with Gasteiger partial charge >= 0.3 is 0 Å². The Morgan fingerprint density at radius 2 is 2.26 bits per heavy atom. The van der Waals surface area contributed by atoms with Crippen LogP contribution >= 0.6 is 0 Å². The lowest BCUT2D eigenvalue weighted by Crippen LogP contribution is -2.33. The molecule has 0 saturated carbocycles. The van der Waals surface area contributed by atoms with Gasteiger partial charge in [-0.15, -0.1) is 0 Å². The molecule has 1 fully saturated rings. The summed E-state index contributed by atoms with van der Waals surface area (Å²) in [6.45, 7) is 3.43. The number of hydrogen-bond acceptors (Lipinski definition) is 3.